The molecule has 5 nitrogen and oxygen atoms in total. The summed E-state index contributed by atoms with van der Waals surface area (Å²) in [6, 6.07) is 2.05. The van der Waals surface area contributed by atoms with E-state index in [1.807, 2.05) is 24.0 Å². The van der Waals surface area contributed by atoms with Crippen LogP contribution in [0.5, 0.6) is 0 Å². The first-order valence-corrected chi connectivity index (χ1v) is 8.10. The minimum absolute atomic E-state index is 0.358. The molecule has 0 saturated carbocycles. The summed E-state index contributed by atoms with van der Waals surface area (Å²) < 4.78 is 0. The van der Waals surface area contributed by atoms with Gasteiger partial charge in [0.2, 0.25) is 5.95 Å². The molecule has 104 valence electrons. The molecular formula is C13H15N5S2. The van der Waals surface area contributed by atoms with Gasteiger partial charge in [-0.3, -0.25) is 0 Å². The van der Waals surface area contributed by atoms with Gasteiger partial charge in [-0.05, 0) is 11.4 Å². The third-order valence-electron chi connectivity index (χ3n) is 3.00. The molecule has 1 unspecified atom stereocenters. The van der Waals surface area contributed by atoms with Crippen LogP contribution in [0.4, 0.5) is 11.8 Å². The van der Waals surface area contributed by atoms with E-state index >= 15 is 0 Å². The van der Waals surface area contributed by atoms with Gasteiger partial charge >= 0.3 is 0 Å². The van der Waals surface area contributed by atoms with E-state index in [1.165, 1.54) is 0 Å². The van der Waals surface area contributed by atoms with Crippen LogP contribution in [0.1, 0.15) is 17.8 Å². The van der Waals surface area contributed by atoms with Gasteiger partial charge in [0.05, 0.1) is 10.4 Å². The zero-order valence-corrected chi connectivity index (χ0v) is 12.9. The molecule has 0 radical (unpaired) electrons. The topological polar surface area (TPSA) is 62.7 Å². The van der Waals surface area contributed by atoms with Crippen molar-refractivity contribution in [3.63, 3.8) is 0 Å². The van der Waals surface area contributed by atoms with Crippen LogP contribution in [0, 0.1) is 0 Å². The highest BCUT2D eigenvalue weighted by molar-refractivity contribution is 7.16. The maximum absolute atomic E-state index is 4.50. The SMILES string of the molecule is CNc1nc(NCC(C)c2nccs2)c2ccsc2n1. The Labute approximate surface area is 125 Å². The van der Waals surface area contributed by atoms with Crippen LogP contribution in [0.2, 0.25) is 0 Å². The number of rotatable bonds is 5. The second kappa shape index (κ2) is 5.72. The van der Waals surface area contributed by atoms with Crippen molar-refractivity contribution in [2.75, 3.05) is 24.2 Å². The largest absolute Gasteiger partial charge is 0.369 e. The molecule has 7 heteroatoms. The molecule has 0 aliphatic heterocycles. The monoisotopic (exact) mass is 305 g/mol. The first kappa shape index (κ1) is 13.3. The Kier molecular flexibility index (Phi) is 3.79. The molecule has 3 aromatic rings. The van der Waals surface area contributed by atoms with Crippen molar-refractivity contribution in [1.29, 1.82) is 0 Å². The molecule has 0 bridgehead atoms. The van der Waals surface area contributed by atoms with Crippen LogP contribution < -0.4 is 10.6 Å². The molecule has 0 saturated heterocycles. The molecule has 1 atom stereocenters. The average Bonchev–Trinajstić information content (AvgIpc) is 3.14. The number of anilines is 2. The number of aromatic nitrogens is 3. The average molecular weight is 305 g/mol. The van der Waals surface area contributed by atoms with Gasteiger partial charge in [-0.1, -0.05) is 6.92 Å². The van der Waals surface area contributed by atoms with E-state index in [9.17, 15) is 0 Å². The smallest absolute Gasteiger partial charge is 0.225 e. The quantitative estimate of drug-likeness (QED) is 0.756. The maximum atomic E-state index is 4.50. The summed E-state index contributed by atoms with van der Waals surface area (Å²) in [6.45, 7) is 2.97. The lowest BCUT2D eigenvalue weighted by molar-refractivity contribution is 0.792. The van der Waals surface area contributed by atoms with Crippen LogP contribution in [0.15, 0.2) is 23.0 Å². The first-order chi connectivity index (χ1) is 9.78. The molecule has 3 heterocycles. The number of hydrogen-bond donors (Lipinski definition) is 2. The van der Waals surface area contributed by atoms with E-state index in [0.717, 1.165) is 27.6 Å². The van der Waals surface area contributed by atoms with Gasteiger partial charge in [0, 0.05) is 31.1 Å². The zero-order chi connectivity index (χ0) is 13.9. The summed E-state index contributed by atoms with van der Waals surface area (Å²) in [5, 5.41) is 12.7. The Morgan fingerprint density at radius 2 is 2.15 bits per heavy atom. The predicted octanol–water partition coefficient (Wildman–Crippen LogP) is 3.41. The highest BCUT2D eigenvalue weighted by atomic mass is 32.1. The molecule has 0 spiro atoms. The molecule has 0 aliphatic rings. The second-order valence-corrected chi connectivity index (χ2v) is 6.26. The van der Waals surface area contributed by atoms with Gasteiger partial charge in [0.25, 0.3) is 0 Å². The minimum Gasteiger partial charge on any atom is -0.369 e. The van der Waals surface area contributed by atoms with E-state index in [1.54, 1.807) is 22.7 Å². The van der Waals surface area contributed by atoms with Crippen molar-refractivity contribution in [3.05, 3.63) is 28.0 Å². The fraction of sp³-hybridized carbons (Fsp3) is 0.308. The van der Waals surface area contributed by atoms with Gasteiger partial charge < -0.3 is 10.6 Å². The molecule has 20 heavy (non-hydrogen) atoms. The summed E-state index contributed by atoms with van der Waals surface area (Å²) in [6.07, 6.45) is 1.84. The lowest BCUT2D eigenvalue weighted by Gasteiger charge is -2.12. The highest BCUT2D eigenvalue weighted by Gasteiger charge is 2.11. The van der Waals surface area contributed by atoms with Crippen molar-refractivity contribution in [1.82, 2.24) is 15.0 Å². The summed E-state index contributed by atoms with van der Waals surface area (Å²) >= 11 is 3.31. The van der Waals surface area contributed by atoms with E-state index < -0.39 is 0 Å². The van der Waals surface area contributed by atoms with Gasteiger partial charge in [0.1, 0.15) is 10.6 Å². The Hall–Kier alpha value is -1.73. The number of nitrogens with one attached hydrogen (secondary N) is 2. The molecule has 3 aromatic heterocycles. The number of hydrogen-bond acceptors (Lipinski definition) is 7. The number of fused-ring (bicyclic) bond motifs is 1. The molecular weight excluding hydrogens is 290 g/mol. The van der Waals surface area contributed by atoms with Crippen molar-refractivity contribution in [2.45, 2.75) is 12.8 Å². The molecule has 0 aromatic carbocycles. The molecule has 0 aliphatic carbocycles. The van der Waals surface area contributed by atoms with Crippen molar-refractivity contribution >= 4 is 44.7 Å². The Morgan fingerprint density at radius 3 is 2.90 bits per heavy atom. The van der Waals surface area contributed by atoms with E-state index in [4.69, 9.17) is 0 Å². The molecule has 2 N–H and O–H groups in total. The standard InChI is InChI=1S/C13H15N5S2/c1-8(11-15-4-6-20-11)7-16-10-9-3-5-19-12(9)18-13(14-2)17-10/h3-6,8H,7H2,1-2H3,(H2,14,16,17,18). The normalized spacial score (nSPS) is 12.5. The van der Waals surface area contributed by atoms with Crippen LogP contribution in [0.25, 0.3) is 10.2 Å². The van der Waals surface area contributed by atoms with E-state index in [-0.39, 0.29) is 0 Å². The summed E-state index contributed by atoms with van der Waals surface area (Å²) in [5.41, 5.74) is 0. The molecule has 0 fully saturated rings. The van der Waals surface area contributed by atoms with Crippen molar-refractivity contribution < 1.29 is 0 Å². The number of nitrogens with zero attached hydrogens (tertiary/aromatic N) is 3. The summed E-state index contributed by atoms with van der Waals surface area (Å²) in [4.78, 5) is 14.3. The lowest BCUT2D eigenvalue weighted by Crippen LogP contribution is -2.11. The number of thiazole rings is 1. The fourth-order valence-corrected chi connectivity index (χ4v) is 3.38. The van der Waals surface area contributed by atoms with Crippen LogP contribution >= 0.6 is 22.7 Å². The van der Waals surface area contributed by atoms with Gasteiger partial charge in [-0.15, -0.1) is 22.7 Å². The third-order valence-corrected chi connectivity index (χ3v) is 4.81. The maximum Gasteiger partial charge on any atom is 0.225 e. The van der Waals surface area contributed by atoms with E-state index in [2.05, 4.69) is 38.6 Å². The van der Waals surface area contributed by atoms with Gasteiger partial charge in [0.15, 0.2) is 0 Å². The predicted molar refractivity (Wildman–Crippen MR) is 86.0 cm³/mol. The minimum atomic E-state index is 0.358. The zero-order valence-electron chi connectivity index (χ0n) is 11.3. The summed E-state index contributed by atoms with van der Waals surface area (Å²) in [7, 11) is 1.83. The molecule has 0 amide bonds. The highest BCUT2D eigenvalue weighted by Crippen LogP contribution is 2.27. The first-order valence-electron chi connectivity index (χ1n) is 6.34. The third kappa shape index (κ3) is 2.59. The second-order valence-electron chi connectivity index (χ2n) is 4.44. The number of thiophene rings is 1. The van der Waals surface area contributed by atoms with E-state index in [0.29, 0.717) is 11.9 Å². The van der Waals surface area contributed by atoms with Gasteiger partial charge in [-0.2, -0.15) is 4.98 Å². The summed E-state index contributed by atoms with van der Waals surface area (Å²) in [5.74, 6) is 1.88. The molecule has 3 rings (SSSR count). The Bertz CT molecular complexity index is 692. The Morgan fingerprint density at radius 1 is 1.25 bits per heavy atom. The van der Waals surface area contributed by atoms with Crippen LogP contribution in [0.3, 0.4) is 0 Å². The van der Waals surface area contributed by atoms with Crippen LogP contribution in [-0.4, -0.2) is 28.5 Å². The fourth-order valence-electron chi connectivity index (χ4n) is 1.92. The van der Waals surface area contributed by atoms with Crippen molar-refractivity contribution in [2.24, 2.45) is 0 Å². The van der Waals surface area contributed by atoms with Crippen LogP contribution in [-0.2, 0) is 0 Å². The Balaban J connectivity index is 1.81. The van der Waals surface area contributed by atoms with Crippen molar-refractivity contribution in [3.8, 4) is 0 Å². The lowest BCUT2D eigenvalue weighted by atomic mass is 10.2. The van der Waals surface area contributed by atoms with Gasteiger partial charge in [-0.25, -0.2) is 9.97 Å².